The molecule has 0 saturated carbocycles. The molecule has 1 N–H and O–H groups in total. The van der Waals surface area contributed by atoms with E-state index in [9.17, 15) is 14.7 Å². The highest BCUT2D eigenvalue weighted by Crippen LogP contribution is 2.36. The van der Waals surface area contributed by atoms with Crippen molar-refractivity contribution in [1.82, 2.24) is 4.90 Å². The van der Waals surface area contributed by atoms with Crippen LogP contribution in [-0.2, 0) is 4.79 Å². The van der Waals surface area contributed by atoms with E-state index in [1.807, 2.05) is 20.8 Å². The molecule has 1 amide bonds. The van der Waals surface area contributed by atoms with E-state index in [0.29, 0.717) is 17.5 Å². The van der Waals surface area contributed by atoms with Gasteiger partial charge in [0.05, 0.1) is 0 Å². The second kappa shape index (κ2) is 5.65. The molecule has 4 heteroatoms. The topological polar surface area (TPSA) is 57.6 Å². The summed E-state index contributed by atoms with van der Waals surface area (Å²) < 4.78 is 0. The zero-order chi connectivity index (χ0) is 14.9. The van der Waals surface area contributed by atoms with Crippen LogP contribution in [0.2, 0.25) is 0 Å². The van der Waals surface area contributed by atoms with Crippen LogP contribution in [0.1, 0.15) is 55.5 Å². The quantitative estimate of drug-likeness (QED) is 0.919. The van der Waals surface area contributed by atoms with Gasteiger partial charge in [-0.25, -0.2) is 0 Å². The number of carboxylic acids is 1. The summed E-state index contributed by atoms with van der Waals surface area (Å²) in [6, 6.07) is 6.82. The van der Waals surface area contributed by atoms with Gasteiger partial charge in [-0.15, -0.1) is 0 Å². The SMILES string of the molecule is CCC[C@@H]1[C@H](C(=O)O)c2ccccc2C(=O)N1C(C)C. The summed E-state index contributed by atoms with van der Waals surface area (Å²) in [7, 11) is 0. The average molecular weight is 275 g/mol. The highest BCUT2D eigenvalue weighted by Gasteiger charge is 2.43. The van der Waals surface area contributed by atoms with Crippen LogP contribution in [0.25, 0.3) is 0 Å². The molecule has 0 aliphatic carbocycles. The Hall–Kier alpha value is -1.84. The first-order valence-electron chi connectivity index (χ1n) is 7.13. The fourth-order valence-corrected chi connectivity index (χ4v) is 3.14. The lowest BCUT2D eigenvalue weighted by Crippen LogP contribution is -2.53. The Labute approximate surface area is 119 Å². The molecular weight excluding hydrogens is 254 g/mol. The van der Waals surface area contributed by atoms with Crippen molar-refractivity contribution in [3.05, 3.63) is 35.4 Å². The third kappa shape index (κ3) is 2.30. The molecule has 0 radical (unpaired) electrons. The van der Waals surface area contributed by atoms with Crippen LogP contribution in [0.15, 0.2) is 24.3 Å². The summed E-state index contributed by atoms with van der Waals surface area (Å²) in [6.45, 7) is 5.89. The van der Waals surface area contributed by atoms with Crippen LogP contribution < -0.4 is 0 Å². The molecule has 2 rings (SSSR count). The van der Waals surface area contributed by atoms with Gasteiger partial charge in [-0.05, 0) is 31.9 Å². The van der Waals surface area contributed by atoms with Crippen molar-refractivity contribution in [2.75, 3.05) is 0 Å². The Balaban J connectivity index is 2.59. The molecule has 108 valence electrons. The number of rotatable bonds is 4. The summed E-state index contributed by atoms with van der Waals surface area (Å²) in [5, 5.41) is 9.63. The van der Waals surface area contributed by atoms with Gasteiger partial charge in [0.15, 0.2) is 0 Å². The second-order valence-electron chi connectivity index (χ2n) is 5.57. The van der Waals surface area contributed by atoms with Gasteiger partial charge in [0.2, 0.25) is 0 Å². The molecule has 0 unspecified atom stereocenters. The molecule has 1 aliphatic rings. The van der Waals surface area contributed by atoms with E-state index >= 15 is 0 Å². The standard InChI is InChI=1S/C16H21NO3/c1-4-7-13-14(16(19)20)11-8-5-6-9-12(11)15(18)17(13)10(2)3/h5-6,8-10,13-14H,4,7H2,1-3H3,(H,19,20)/t13-,14-/m1/s1. The van der Waals surface area contributed by atoms with Gasteiger partial charge in [-0.1, -0.05) is 31.5 Å². The molecule has 1 heterocycles. The predicted octanol–water partition coefficient (Wildman–Crippen LogP) is 2.89. The summed E-state index contributed by atoms with van der Waals surface area (Å²) in [5.41, 5.74) is 1.18. The van der Waals surface area contributed by atoms with Crippen molar-refractivity contribution in [3.8, 4) is 0 Å². The van der Waals surface area contributed by atoms with E-state index in [4.69, 9.17) is 0 Å². The minimum absolute atomic E-state index is 0.00532. The highest BCUT2D eigenvalue weighted by molar-refractivity contribution is 6.00. The van der Waals surface area contributed by atoms with Crippen LogP contribution in [0.4, 0.5) is 0 Å². The molecule has 20 heavy (non-hydrogen) atoms. The van der Waals surface area contributed by atoms with Crippen LogP contribution in [0.5, 0.6) is 0 Å². The Morgan fingerprint density at radius 3 is 2.55 bits per heavy atom. The molecular formula is C16H21NO3. The van der Waals surface area contributed by atoms with E-state index in [0.717, 1.165) is 6.42 Å². The lowest BCUT2D eigenvalue weighted by molar-refractivity contribution is -0.140. The number of carbonyl (C=O) groups is 2. The maximum atomic E-state index is 12.6. The smallest absolute Gasteiger partial charge is 0.313 e. The van der Waals surface area contributed by atoms with Crippen molar-refractivity contribution < 1.29 is 14.7 Å². The van der Waals surface area contributed by atoms with E-state index in [1.165, 1.54) is 0 Å². The zero-order valence-corrected chi connectivity index (χ0v) is 12.2. The largest absolute Gasteiger partial charge is 0.481 e. The minimum atomic E-state index is -0.853. The number of amides is 1. The first-order chi connectivity index (χ1) is 9.49. The van der Waals surface area contributed by atoms with E-state index in [2.05, 4.69) is 0 Å². The van der Waals surface area contributed by atoms with Gasteiger partial charge >= 0.3 is 5.97 Å². The Bertz CT molecular complexity index is 524. The maximum Gasteiger partial charge on any atom is 0.313 e. The molecule has 0 fully saturated rings. The normalized spacial score (nSPS) is 22.0. The first-order valence-corrected chi connectivity index (χ1v) is 7.13. The third-order valence-corrected chi connectivity index (χ3v) is 3.91. The maximum absolute atomic E-state index is 12.6. The predicted molar refractivity (Wildman–Crippen MR) is 76.8 cm³/mol. The van der Waals surface area contributed by atoms with Gasteiger partial charge in [0.25, 0.3) is 5.91 Å². The summed E-state index contributed by atoms with van der Waals surface area (Å²) in [5.74, 6) is -1.54. The average Bonchev–Trinajstić information content (AvgIpc) is 2.38. The van der Waals surface area contributed by atoms with Crippen molar-refractivity contribution in [3.63, 3.8) is 0 Å². The number of carbonyl (C=O) groups excluding carboxylic acids is 1. The van der Waals surface area contributed by atoms with Gasteiger partial charge in [-0.3, -0.25) is 9.59 Å². The highest BCUT2D eigenvalue weighted by atomic mass is 16.4. The van der Waals surface area contributed by atoms with Crippen molar-refractivity contribution in [1.29, 1.82) is 0 Å². The van der Waals surface area contributed by atoms with E-state index in [-0.39, 0.29) is 18.0 Å². The number of hydrogen-bond acceptors (Lipinski definition) is 2. The molecule has 1 aromatic rings. The van der Waals surface area contributed by atoms with Gasteiger partial charge in [0.1, 0.15) is 5.92 Å². The molecule has 0 saturated heterocycles. The Kier molecular flexibility index (Phi) is 4.12. The van der Waals surface area contributed by atoms with Crippen molar-refractivity contribution in [2.24, 2.45) is 0 Å². The Morgan fingerprint density at radius 2 is 2.00 bits per heavy atom. The number of nitrogens with zero attached hydrogens (tertiary/aromatic N) is 1. The molecule has 4 nitrogen and oxygen atoms in total. The molecule has 0 spiro atoms. The molecule has 1 aliphatic heterocycles. The fraction of sp³-hybridized carbons (Fsp3) is 0.500. The molecule has 2 atom stereocenters. The summed E-state index contributed by atoms with van der Waals surface area (Å²) in [4.78, 5) is 26.1. The minimum Gasteiger partial charge on any atom is -0.481 e. The fourth-order valence-electron chi connectivity index (χ4n) is 3.14. The van der Waals surface area contributed by atoms with E-state index < -0.39 is 11.9 Å². The molecule has 0 aromatic heterocycles. The van der Waals surface area contributed by atoms with Crippen LogP contribution >= 0.6 is 0 Å². The second-order valence-corrected chi connectivity index (χ2v) is 5.57. The summed E-state index contributed by atoms with van der Waals surface area (Å²) in [6.07, 6.45) is 1.56. The molecule has 0 bridgehead atoms. The zero-order valence-electron chi connectivity index (χ0n) is 12.2. The first kappa shape index (κ1) is 14.6. The number of aliphatic carboxylic acids is 1. The number of benzene rings is 1. The van der Waals surface area contributed by atoms with Crippen LogP contribution in [0, 0.1) is 0 Å². The van der Waals surface area contributed by atoms with Crippen molar-refractivity contribution in [2.45, 2.75) is 51.6 Å². The van der Waals surface area contributed by atoms with Gasteiger partial charge in [-0.2, -0.15) is 0 Å². The van der Waals surface area contributed by atoms with E-state index in [1.54, 1.807) is 29.2 Å². The summed E-state index contributed by atoms with van der Waals surface area (Å²) >= 11 is 0. The third-order valence-electron chi connectivity index (χ3n) is 3.91. The lowest BCUT2D eigenvalue weighted by Gasteiger charge is -2.42. The number of fused-ring (bicyclic) bond motifs is 1. The number of hydrogen-bond donors (Lipinski definition) is 1. The van der Waals surface area contributed by atoms with Gasteiger partial charge < -0.3 is 10.0 Å². The van der Waals surface area contributed by atoms with Gasteiger partial charge in [0, 0.05) is 17.6 Å². The number of carboxylic acid groups (broad SMARTS) is 1. The van der Waals surface area contributed by atoms with Crippen LogP contribution in [0.3, 0.4) is 0 Å². The van der Waals surface area contributed by atoms with Crippen LogP contribution in [-0.4, -0.2) is 34.0 Å². The monoisotopic (exact) mass is 275 g/mol. The van der Waals surface area contributed by atoms with Crippen molar-refractivity contribution >= 4 is 11.9 Å². The lowest BCUT2D eigenvalue weighted by atomic mass is 9.80. The Morgan fingerprint density at radius 1 is 1.35 bits per heavy atom. The molecule has 1 aromatic carbocycles.